The molecule has 9 nitrogen and oxygen atoms in total. The highest BCUT2D eigenvalue weighted by atomic mass is 35.5. The fraction of sp³-hybridized carbons (Fsp3) is 0.240. The molecule has 3 heterocycles. The smallest absolute Gasteiger partial charge is 0.234 e. The Morgan fingerprint density at radius 2 is 1.84 bits per heavy atom. The van der Waals surface area contributed by atoms with Gasteiger partial charge < -0.3 is 10.1 Å². The number of fused-ring (bicyclic) bond motifs is 1. The number of hydrogen-bond acceptors (Lipinski definition) is 8. The van der Waals surface area contributed by atoms with Crippen LogP contribution in [0.5, 0.6) is 0 Å². The van der Waals surface area contributed by atoms with Gasteiger partial charge in [0.25, 0.3) is 0 Å². The SMILES string of the molecule is O=S(=O)(CCN1CCOCC1)Nc1cncc(-c2ccc3ncnc(Nc4ccc(F)c(Cl)c4)c3c2)c1. The molecular weight excluding hydrogens is 519 g/mol. The first-order valence-electron chi connectivity index (χ1n) is 11.6. The van der Waals surface area contributed by atoms with Crippen molar-refractivity contribution in [1.29, 1.82) is 0 Å². The highest BCUT2D eigenvalue weighted by Crippen LogP contribution is 2.30. The van der Waals surface area contributed by atoms with Gasteiger partial charge in [-0.15, -0.1) is 0 Å². The Morgan fingerprint density at radius 3 is 2.65 bits per heavy atom. The number of nitrogens with zero attached hydrogens (tertiary/aromatic N) is 4. The molecule has 1 aliphatic heterocycles. The number of benzene rings is 2. The number of ether oxygens (including phenoxy) is 1. The molecule has 0 bridgehead atoms. The second-order valence-corrected chi connectivity index (χ2v) is 10.8. The monoisotopic (exact) mass is 542 g/mol. The molecule has 1 saturated heterocycles. The van der Waals surface area contributed by atoms with Crippen molar-refractivity contribution in [1.82, 2.24) is 19.9 Å². The molecule has 0 radical (unpaired) electrons. The lowest BCUT2D eigenvalue weighted by Crippen LogP contribution is -2.39. The van der Waals surface area contributed by atoms with Crippen molar-refractivity contribution in [2.45, 2.75) is 0 Å². The summed E-state index contributed by atoms with van der Waals surface area (Å²) in [6, 6.07) is 11.7. The number of halogens is 2. The molecule has 37 heavy (non-hydrogen) atoms. The Kier molecular flexibility index (Phi) is 7.47. The van der Waals surface area contributed by atoms with Crippen LogP contribution in [0.2, 0.25) is 5.02 Å². The molecule has 0 spiro atoms. The Bertz CT molecular complexity index is 1530. The number of morpholine rings is 1. The van der Waals surface area contributed by atoms with E-state index in [0.29, 0.717) is 42.5 Å². The van der Waals surface area contributed by atoms with E-state index in [9.17, 15) is 12.8 Å². The summed E-state index contributed by atoms with van der Waals surface area (Å²) in [4.78, 5) is 15.0. The van der Waals surface area contributed by atoms with Crippen LogP contribution in [-0.4, -0.2) is 66.9 Å². The zero-order valence-electron chi connectivity index (χ0n) is 19.7. The van der Waals surface area contributed by atoms with Crippen LogP contribution in [0.15, 0.2) is 61.2 Å². The molecule has 192 valence electrons. The van der Waals surface area contributed by atoms with Gasteiger partial charge in [-0.2, -0.15) is 0 Å². The third-order valence-electron chi connectivity index (χ3n) is 5.94. The van der Waals surface area contributed by atoms with Gasteiger partial charge in [-0.25, -0.2) is 22.8 Å². The van der Waals surface area contributed by atoms with Crippen LogP contribution in [0.4, 0.5) is 21.6 Å². The highest BCUT2D eigenvalue weighted by molar-refractivity contribution is 7.92. The summed E-state index contributed by atoms with van der Waals surface area (Å²) < 4.78 is 46.8. The molecule has 5 rings (SSSR count). The number of rotatable bonds is 8. The minimum absolute atomic E-state index is 0.000614. The number of anilines is 3. The molecule has 2 N–H and O–H groups in total. The van der Waals surface area contributed by atoms with Crippen molar-refractivity contribution < 1.29 is 17.5 Å². The summed E-state index contributed by atoms with van der Waals surface area (Å²) in [5.74, 6) is -0.0129. The van der Waals surface area contributed by atoms with Crippen molar-refractivity contribution in [3.05, 3.63) is 72.0 Å². The van der Waals surface area contributed by atoms with Gasteiger partial charge in [0.15, 0.2) is 0 Å². The lowest BCUT2D eigenvalue weighted by molar-refractivity contribution is 0.0408. The second kappa shape index (κ2) is 10.9. The molecule has 12 heteroatoms. The molecular formula is C25H24ClFN6O3S. The van der Waals surface area contributed by atoms with E-state index in [1.54, 1.807) is 18.3 Å². The molecule has 1 fully saturated rings. The van der Waals surface area contributed by atoms with E-state index in [1.165, 1.54) is 24.7 Å². The van der Waals surface area contributed by atoms with E-state index in [2.05, 4.69) is 29.9 Å². The van der Waals surface area contributed by atoms with Gasteiger partial charge >= 0.3 is 0 Å². The van der Waals surface area contributed by atoms with E-state index < -0.39 is 15.8 Å². The van der Waals surface area contributed by atoms with Gasteiger partial charge in [-0.3, -0.25) is 14.6 Å². The Balaban J connectivity index is 1.36. The fourth-order valence-electron chi connectivity index (χ4n) is 4.00. The number of sulfonamides is 1. The summed E-state index contributed by atoms with van der Waals surface area (Å²) in [5.41, 5.74) is 3.16. The van der Waals surface area contributed by atoms with Crippen molar-refractivity contribution in [2.75, 3.05) is 48.6 Å². The first-order chi connectivity index (χ1) is 17.9. The average molecular weight is 543 g/mol. The Morgan fingerprint density at radius 1 is 1.00 bits per heavy atom. The fourth-order valence-corrected chi connectivity index (χ4v) is 5.26. The lowest BCUT2D eigenvalue weighted by Gasteiger charge is -2.26. The third kappa shape index (κ3) is 6.31. The quantitative estimate of drug-likeness (QED) is 0.339. The summed E-state index contributed by atoms with van der Waals surface area (Å²) in [6.07, 6.45) is 4.57. The topological polar surface area (TPSA) is 109 Å². The maximum absolute atomic E-state index is 13.6. The first-order valence-corrected chi connectivity index (χ1v) is 13.6. The number of pyridine rings is 1. The summed E-state index contributed by atoms with van der Waals surface area (Å²) >= 11 is 5.91. The maximum atomic E-state index is 13.6. The van der Waals surface area contributed by atoms with Crippen LogP contribution < -0.4 is 10.0 Å². The summed E-state index contributed by atoms with van der Waals surface area (Å²) in [5, 5.41) is 3.87. The van der Waals surface area contributed by atoms with E-state index >= 15 is 0 Å². The molecule has 2 aromatic heterocycles. The molecule has 0 unspecified atom stereocenters. The van der Waals surface area contributed by atoms with Crippen LogP contribution in [0.3, 0.4) is 0 Å². The zero-order valence-corrected chi connectivity index (χ0v) is 21.3. The number of aromatic nitrogens is 3. The van der Waals surface area contributed by atoms with Crippen LogP contribution in [-0.2, 0) is 14.8 Å². The van der Waals surface area contributed by atoms with Gasteiger partial charge in [0.05, 0.1) is 41.4 Å². The number of hydrogen-bond donors (Lipinski definition) is 2. The van der Waals surface area contributed by atoms with Crippen molar-refractivity contribution in [2.24, 2.45) is 0 Å². The minimum atomic E-state index is -3.56. The zero-order chi connectivity index (χ0) is 25.8. The van der Waals surface area contributed by atoms with E-state index in [-0.39, 0.29) is 10.8 Å². The van der Waals surface area contributed by atoms with Crippen LogP contribution >= 0.6 is 11.6 Å². The third-order valence-corrected chi connectivity index (χ3v) is 7.50. The predicted molar refractivity (Wildman–Crippen MR) is 142 cm³/mol. The first kappa shape index (κ1) is 25.3. The maximum Gasteiger partial charge on any atom is 0.234 e. The van der Waals surface area contributed by atoms with Crippen molar-refractivity contribution in [3.8, 4) is 11.1 Å². The molecule has 0 saturated carbocycles. The summed E-state index contributed by atoms with van der Waals surface area (Å²) in [7, 11) is -3.56. The van der Waals surface area contributed by atoms with E-state index in [1.807, 2.05) is 18.2 Å². The van der Waals surface area contributed by atoms with Crippen LogP contribution in [0.25, 0.3) is 22.0 Å². The van der Waals surface area contributed by atoms with Gasteiger partial charge in [0, 0.05) is 42.5 Å². The Hall–Kier alpha value is -3.38. The van der Waals surface area contributed by atoms with E-state index in [0.717, 1.165) is 29.6 Å². The van der Waals surface area contributed by atoms with Crippen molar-refractivity contribution in [3.63, 3.8) is 0 Å². The van der Waals surface area contributed by atoms with Gasteiger partial charge in [0.2, 0.25) is 10.0 Å². The predicted octanol–water partition coefficient (Wildman–Crippen LogP) is 4.30. The van der Waals surface area contributed by atoms with Crippen LogP contribution in [0, 0.1) is 5.82 Å². The summed E-state index contributed by atoms with van der Waals surface area (Å²) in [6.45, 7) is 3.12. The normalized spacial score (nSPS) is 14.5. The largest absolute Gasteiger partial charge is 0.379 e. The second-order valence-electron chi connectivity index (χ2n) is 8.55. The van der Waals surface area contributed by atoms with Gasteiger partial charge in [-0.1, -0.05) is 17.7 Å². The van der Waals surface area contributed by atoms with E-state index in [4.69, 9.17) is 16.3 Å². The molecule has 4 aromatic rings. The molecule has 0 aliphatic carbocycles. The van der Waals surface area contributed by atoms with Gasteiger partial charge in [0.1, 0.15) is 18.0 Å². The van der Waals surface area contributed by atoms with Crippen LogP contribution in [0.1, 0.15) is 0 Å². The average Bonchev–Trinajstić information content (AvgIpc) is 2.90. The molecule has 1 aliphatic rings. The minimum Gasteiger partial charge on any atom is -0.379 e. The number of nitrogens with one attached hydrogen (secondary N) is 2. The molecule has 0 amide bonds. The molecule has 2 aromatic carbocycles. The van der Waals surface area contributed by atoms with Crippen molar-refractivity contribution >= 4 is 49.7 Å². The lowest BCUT2D eigenvalue weighted by atomic mass is 10.0. The highest BCUT2D eigenvalue weighted by Gasteiger charge is 2.17. The molecule has 0 atom stereocenters. The Labute approximate surface area is 218 Å². The standard InChI is InChI=1S/C25H24ClFN6O3S/c26-22-13-19(2-3-23(22)27)31-25-21-12-17(1-4-24(21)29-16-30-25)18-11-20(15-28-14-18)32-37(34,35)10-7-33-5-8-36-9-6-33/h1-4,11-16,32H,5-10H2,(H,29,30,31). The van der Waals surface area contributed by atoms with Gasteiger partial charge in [-0.05, 0) is 42.0 Å².